The molecule has 0 nitrogen and oxygen atoms in total. The molecule has 0 aliphatic carbocycles. The Morgan fingerprint density at radius 2 is 1.18 bits per heavy atom. The predicted octanol–water partition coefficient (Wildman–Crippen LogP) is 7.21. The Morgan fingerprint density at radius 3 is 1.55 bits per heavy atom. The molecule has 0 bridgehead atoms. The lowest BCUT2D eigenvalue weighted by atomic mass is 9.87. The first-order valence-corrected chi connectivity index (χ1v) is 9.84. The zero-order valence-corrected chi connectivity index (χ0v) is 17.9. The van der Waals surface area contributed by atoms with Crippen LogP contribution in [0.15, 0.2) is 12.1 Å². The monoisotopic (exact) mass is 414 g/mol. The molecule has 1 rings (SSSR count). The van der Waals surface area contributed by atoms with Gasteiger partial charge in [0.05, 0.1) is 0 Å². The molecule has 0 unspecified atom stereocenters. The number of halogens is 1. The molecule has 0 amide bonds. The number of benzene rings is 1. The van der Waals surface area contributed by atoms with Gasteiger partial charge in [0.2, 0.25) is 0 Å². The number of alkyl halides is 1. The second-order valence-electron chi connectivity index (χ2n) is 8.69. The van der Waals surface area contributed by atoms with Gasteiger partial charge in [-0.2, -0.15) is 0 Å². The lowest BCUT2D eigenvalue weighted by Gasteiger charge is -2.19. The smallest absolute Gasteiger partial charge is 0.0166 e. The van der Waals surface area contributed by atoms with E-state index in [1.807, 2.05) is 0 Å². The predicted molar refractivity (Wildman–Crippen MR) is 109 cm³/mol. The maximum absolute atomic E-state index is 2.56. The third-order valence-electron chi connectivity index (χ3n) is 4.38. The molecular weight excluding hydrogens is 379 g/mol. The van der Waals surface area contributed by atoms with E-state index in [9.17, 15) is 0 Å². The summed E-state index contributed by atoms with van der Waals surface area (Å²) in [4.78, 5) is 0. The largest absolute Gasteiger partial charge is 0.0795 e. The number of hydrogen-bond acceptors (Lipinski definition) is 0. The van der Waals surface area contributed by atoms with Gasteiger partial charge in [0.15, 0.2) is 0 Å². The second kappa shape index (κ2) is 8.17. The SMILES string of the molecule is Cc1cc(CCCC(C)(C)I)c(C)cc1CCCC(C)(C)C. The summed E-state index contributed by atoms with van der Waals surface area (Å²) in [6.45, 7) is 16.2. The van der Waals surface area contributed by atoms with Crippen molar-refractivity contribution in [3.05, 3.63) is 34.4 Å². The Kier molecular flexibility index (Phi) is 7.42. The fourth-order valence-electron chi connectivity index (χ4n) is 2.98. The summed E-state index contributed by atoms with van der Waals surface area (Å²) in [5.41, 5.74) is 6.54. The summed E-state index contributed by atoms with van der Waals surface area (Å²) in [6, 6.07) is 4.89. The minimum atomic E-state index is 0.424. The van der Waals surface area contributed by atoms with Crippen LogP contribution in [0, 0.1) is 19.3 Å². The lowest BCUT2D eigenvalue weighted by molar-refractivity contribution is 0.365. The Labute approximate surface area is 152 Å². The molecule has 0 saturated carbocycles. The van der Waals surface area contributed by atoms with Gasteiger partial charge >= 0.3 is 0 Å². The minimum Gasteiger partial charge on any atom is -0.0795 e. The van der Waals surface area contributed by atoms with Gasteiger partial charge in [-0.15, -0.1) is 0 Å². The van der Waals surface area contributed by atoms with Crippen LogP contribution in [0.25, 0.3) is 0 Å². The Balaban J connectivity index is 2.63. The zero-order chi connectivity index (χ0) is 17.0. The topological polar surface area (TPSA) is 0 Å². The van der Waals surface area contributed by atoms with E-state index in [1.54, 1.807) is 11.1 Å². The molecule has 0 saturated heterocycles. The van der Waals surface area contributed by atoms with Crippen molar-refractivity contribution in [2.45, 2.75) is 90.4 Å². The summed E-state index contributed by atoms with van der Waals surface area (Å²) in [5.74, 6) is 0. The molecule has 0 aliphatic rings. The van der Waals surface area contributed by atoms with Crippen molar-refractivity contribution in [1.82, 2.24) is 0 Å². The molecule has 0 N–H and O–H groups in total. The van der Waals surface area contributed by atoms with Crippen molar-refractivity contribution >= 4 is 22.6 Å². The summed E-state index contributed by atoms with van der Waals surface area (Å²) in [7, 11) is 0. The van der Waals surface area contributed by atoms with Crippen molar-refractivity contribution in [3.8, 4) is 0 Å². The van der Waals surface area contributed by atoms with Crippen LogP contribution in [0.3, 0.4) is 0 Å². The fourth-order valence-corrected chi connectivity index (χ4v) is 3.36. The van der Waals surface area contributed by atoms with Crippen LogP contribution in [-0.4, -0.2) is 3.42 Å². The van der Waals surface area contributed by atoms with Crippen LogP contribution >= 0.6 is 22.6 Å². The highest BCUT2D eigenvalue weighted by Crippen LogP contribution is 2.27. The molecule has 0 heterocycles. The maximum Gasteiger partial charge on any atom is 0.0166 e. The van der Waals surface area contributed by atoms with Gasteiger partial charge in [-0.25, -0.2) is 0 Å². The molecule has 1 aromatic rings. The summed E-state index contributed by atoms with van der Waals surface area (Å²) >= 11 is 2.56. The highest BCUT2D eigenvalue weighted by Gasteiger charge is 2.13. The minimum absolute atomic E-state index is 0.424. The fraction of sp³-hybridized carbons (Fsp3) is 0.714. The van der Waals surface area contributed by atoms with Crippen molar-refractivity contribution < 1.29 is 0 Å². The Bertz CT molecular complexity index is 426. The van der Waals surface area contributed by atoms with E-state index in [2.05, 4.69) is 83.2 Å². The number of aryl methyl sites for hydroxylation is 4. The van der Waals surface area contributed by atoms with Gasteiger partial charge in [0, 0.05) is 3.42 Å². The highest BCUT2D eigenvalue weighted by atomic mass is 127. The molecule has 0 atom stereocenters. The van der Waals surface area contributed by atoms with Gasteiger partial charge < -0.3 is 0 Å². The number of hydrogen-bond donors (Lipinski definition) is 0. The van der Waals surface area contributed by atoms with Crippen LogP contribution in [0.1, 0.15) is 82.6 Å². The zero-order valence-electron chi connectivity index (χ0n) is 15.8. The summed E-state index contributed by atoms with van der Waals surface area (Å²) in [5, 5.41) is 0. The van der Waals surface area contributed by atoms with E-state index in [4.69, 9.17) is 0 Å². The quantitative estimate of drug-likeness (QED) is 0.327. The molecule has 22 heavy (non-hydrogen) atoms. The molecule has 0 fully saturated rings. The number of rotatable bonds is 7. The van der Waals surface area contributed by atoms with Crippen LogP contribution in [0.2, 0.25) is 0 Å². The van der Waals surface area contributed by atoms with E-state index in [0.717, 1.165) is 0 Å². The first kappa shape index (κ1) is 20.0. The average molecular weight is 414 g/mol. The van der Waals surface area contributed by atoms with Crippen LogP contribution in [0.5, 0.6) is 0 Å². The van der Waals surface area contributed by atoms with Crippen molar-refractivity contribution in [2.24, 2.45) is 5.41 Å². The van der Waals surface area contributed by atoms with Crippen LogP contribution < -0.4 is 0 Å². The lowest BCUT2D eigenvalue weighted by Crippen LogP contribution is -2.09. The highest BCUT2D eigenvalue weighted by molar-refractivity contribution is 14.1. The Hall–Kier alpha value is -0.0500. The van der Waals surface area contributed by atoms with E-state index in [1.165, 1.54) is 49.7 Å². The third-order valence-corrected chi connectivity index (χ3v) is 4.92. The molecule has 0 radical (unpaired) electrons. The molecule has 0 aliphatic heterocycles. The molecule has 0 aromatic heterocycles. The maximum atomic E-state index is 2.56. The van der Waals surface area contributed by atoms with Crippen LogP contribution in [0.4, 0.5) is 0 Å². The molecular formula is C21H35I. The second-order valence-corrected chi connectivity index (χ2v) is 11.6. The van der Waals surface area contributed by atoms with Gasteiger partial charge in [-0.05, 0) is 80.0 Å². The molecule has 1 aromatic carbocycles. The van der Waals surface area contributed by atoms with Crippen LogP contribution in [-0.2, 0) is 12.8 Å². The summed E-state index contributed by atoms with van der Waals surface area (Å²) in [6.07, 6.45) is 7.63. The van der Waals surface area contributed by atoms with Gasteiger partial charge in [-0.1, -0.05) is 69.3 Å². The van der Waals surface area contributed by atoms with Gasteiger partial charge in [0.25, 0.3) is 0 Å². The first-order chi connectivity index (χ1) is 9.98. The molecule has 1 heteroatoms. The van der Waals surface area contributed by atoms with E-state index >= 15 is 0 Å². The van der Waals surface area contributed by atoms with Crippen molar-refractivity contribution in [2.75, 3.05) is 0 Å². The van der Waals surface area contributed by atoms with Crippen molar-refractivity contribution in [1.29, 1.82) is 0 Å². The van der Waals surface area contributed by atoms with Gasteiger partial charge in [0.1, 0.15) is 0 Å². The standard InChI is InChI=1S/C21H35I/c1-16-15-19(11-9-13-21(6,7)22)17(2)14-18(16)10-8-12-20(3,4)5/h14-15H,8-13H2,1-7H3. The van der Waals surface area contributed by atoms with E-state index in [0.29, 0.717) is 8.84 Å². The molecule has 126 valence electrons. The van der Waals surface area contributed by atoms with E-state index in [-0.39, 0.29) is 0 Å². The molecule has 0 spiro atoms. The van der Waals surface area contributed by atoms with E-state index < -0.39 is 0 Å². The average Bonchev–Trinajstić information content (AvgIpc) is 2.31. The van der Waals surface area contributed by atoms with Gasteiger partial charge in [-0.3, -0.25) is 0 Å². The van der Waals surface area contributed by atoms with Crippen molar-refractivity contribution in [3.63, 3.8) is 0 Å². The summed E-state index contributed by atoms with van der Waals surface area (Å²) < 4.78 is 0.424. The Morgan fingerprint density at radius 1 is 0.773 bits per heavy atom. The first-order valence-electron chi connectivity index (χ1n) is 8.76. The third kappa shape index (κ3) is 7.99. The normalized spacial score (nSPS) is 12.7.